The van der Waals surface area contributed by atoms with Crippen LogP contribution in [0, 0.1) is 23.6 Å². The van der Waals surface area contributed by atoms with Gasteiger partial charge >= 0.3 is 6.09 Å². The van der Waals surface area contributed by atoms with Crippen molar-refractivity contribution in [3.63, 3.8) is 0 Å². The first-order valence-corrected chi connectivity index (χ1v) is 19.6. The molecule has 2 aliphatic carbocycles. The van der Waals surface area contributed by atoms with Crippen LogP contribution in [0.15, 0.2) is 53.4 Å². The Morgan fingerprint density at radius 1 is 1.00 bits per heavy atom. The molecular weight excluding hydrogens is 646 g/mol. The summed E-state index contributed by atoms with van der Waals surface area (Å²) in [5.74, 6) is 0.389. The van der Waals surface area contributed by atoms with Crippen LogP contribution >= 0.6 is 0 Å². The van der Waals surface area contributed by atoms with Crippen molar-refractivity contribution in [2.45, 2.75) is 79.0 Å². The highest BCUT2D eigenvalue weighted by molar-refractivity contribution is 7.92. The largest absolute Gasteiger partial charge is 0.453 e. The molecule has 0 spiro atoms. The van der Waals surface area contributed by atoms with Crippen LogP contribution in [0.2, 0.25) is 0 Å². The maximum Gasteiger partial charge on any atom is 0.407 e. The molecule has 5 fully saturated rings. The molecule has 2 saturated carbocycles. The smallest absolute Gasteiger partial charge is 0.407 e. The Hall–Kier alpha value is -3.22. The fraction of sp³-hybridized carbons (Fsp3) is 0.622. The summed E-state index contributed by atoms with van der Waals surface area (Å²) in [6.07, 6.45) is 6.30. The molecule has 4 atom stereocenters. The average Bonchev–Trinajstić information content (AvgIpc) is 3.83. The number of anilines is 1. The van der Waals surface area contributed by atoms with Crippen LogP contribution in [0.5, 0.6) is 0 Å². The van der Waals surface area contributed by atoms with Crippen LogP contribution in [0.4, 0.5) is 14.9 Å². The lowest BCUT2D eigenvalue weighted by Crippen LogP contribution is -2.60. The number of carbonyl (C=O) groups is 2. The van der Waals surface area contributed by atoms with Crippen molar-refractivity contribution < 1.29 is 27.1 Å². The molecule has 10 nitrogen and oxygen atoms in total. The third-order valence-corrected chi connectivity index (χ3v) is 14.3. The van der Waals surface area contributed by atoms with Crippen molar-refractivity contribution in [1.29, 1.82) is 0 Å². The fourth-order valence-corrected chi connectivity index (χ4v) is 10.7. The minimum absolute atomic E-state index is 0.00504. The zero-order valence-electron chi connectivity index (χ0n) is 28.4. The van der Waals surface area contributed by atoms with Crippen molar-refractivity contribution in [3.8, 4) is 0 Å². The van der Waals surface area contributed by atoms with Crippen molar-refractivity contribution in [3.05, 3.63) is 59.9 Å². The number of nitrogens with zero attached hydrogens (tertiary/aromatic N) is 2. The van der Waals surface area contributed by atoms with E-state index in [0.717, 1.165) is 102 Å². The number of hydrogen-bond donors (Lipinski definition) is 3. The number of methoxy groups -OCH3 is 1. The number of carbonyl (C=O) groups excluding carboxylic acids is 2. The minimum atomic E-state index is -3.18. The zero-order chi connectivity index (χ0) is 34.2. The van der Waals surface area contributed by atoms with E-state index in [-0.39, 0.29) is 40.9 Å². The third-order valence-electron chi connectivity index (χ3n) is 12.0. The van der Waals surface area contributed by atoms with E-state index in [2.05, 4.69) is 25.8 Å². The van der Waals surface area contributed by atoms with Crippen LogP contribution in [0.25, 0.3) is 0 Å². The van der Waals surface area contributed by atoms with Gasteiger partial charge in [-0.15, -0.1) is 0 Å². The molecule has 2 aromatic carbocycles. The van der Waals surface area contributed by atoms with E-state index in [1.165, 1.54) is 13.2 Å². The highest BCUT2D eigenvalue weighted by Crippen LogP contribution is 2.50. The molecule has 3 heterocycles. The first-order chi connectivity index (χ1) is 23.7. The number of piperidine rings is 1. The first kappa shape index (κ1) is 34.2. The summed E-state index contributed by atoms with van der Waals surface area (Å²) in [5.41, 5.74) is 1.39. The minimum Gasteiger partial charge on any atom is -0.453 e. The maximum absolute atomic E-state index is 15.0. The Balaban J connectivity index is 1.04. The summed E-state index contributed by atoms with van der Waals surface area (Å²) in [4.78, 5) is 31.0. The van der Waals surface area contributed by atoms with Crippen LogP contribution < -0.4 is 20.9 Å². The molecule has 5 aliphatic rings. The SMILES string of the molecule is COC(=O)N[C@H]1CCC[C@@H]1C(CNC(=O)[C@H]1CCN1)(c1cccc(F)c1)C1CCN(CC2CN(c3ccc(S(=O)(=O)C4CC4)cc3)C2)CC1. The Labute approximate surface area is 289 Å². The molecule has 2 aromatic rings. The van der Waals surface area contributed by atoms with Gasteiger partial charge in [0.15, 0.2) is 9.84 Å². The van der Waals surface area contributed by atoms with E-state index in [1.807, 2.05) is 18.2 Å². The van der Waals surface area contributed by atoms with Gasteiger partial charge < -0.3 is 30.5 Å². The number of alkyl carbamates (subject to hydrolysis) is 1. The Morgan fingerprint density at radius 3 is 2.37 bits per heavy atom. The quantitative estimate of drug-likeness (QED) is 0.307. The second kappa shape index (κ2) is 14.2. The first-order valence-electron chi connectivity index (χ1n) is 18.1. The number of rotatable bonds is 12. The van der Waals surface area contributed by atoms with E-state index >= 15 is 0 Å². The summed E-state index contributed by atoms with van der Waals surface area (Å²) < 4.78 is 45.2. The second-order valence-electron chi connectivity index (χ2n) is 14.9. The molecule has 49 heavy (non-hydrogen) atoms. The molecule has 3 saturated heterocycles. The van der Waals surface area contributed by atoms with E-state index < -0.39 is 21.3 Å². The monoisotopic (exact) mass is 695 g/mol. The van der Waals surface area contributed by atoms with E-state index in [4.69, 9.17) is 4.74 Å². The van der Waals surface area contributed by atoms with Crippen molar-refractivity contribution in [1.82, 2.24) is 20.9 Å². The van der Waals surface area contributed by atoms with Gasteiger partial charge in [-0.25, -0.2) is 17.6 Å². The van der Waals surface area contributed by atoms with Gasteiger partial charge in [0.25, 0.3) is 0 Å². The normalized spacial score (nSPS) is 26.3. The van der Waals surface area contributed by atoms with Gasteiger partial charge in [-0.05, 0) is 118 Å². The van der Waals surface area contributed by atoms with E-state index in [1.54, 1.807) is 24.3 Å². The Kier molecular flexibility index (Phi) is 9.91. The highest BCUT2D eigenvalue weighted by atomic mass is 32.2. The summed E-state index contributed by atoms with van der Waals surface area (Å²) in [6.45, 7) is 5.90. The summed E-state index contributed by atoms with van der Waals surface area (Å²) in [7, 11) is -1.80. The van der Waals surface area contributed by atoms with Crippen LogP contribution in [0.3, 0.4) is 0 Å². The van der Waals surface area contributed by atoms with Crippen LogP contribution in [-0.2, 0) is 24.8 Å². The molecule has 0 bridgehead atoms. The zero-order valence-corrected chi connectivity index (χ0v) is 29.2. The van der Waals surface area contributed by atoms with Gasteiger partial charge in [0.05, 0.1) is 23.3 Å². The van der Waals surface area contributed by atoms with Gasteiger partial charge in [-0.2, -0.15) is 0 Å². The maximum atomic E-state index is 15.0. The van der Waals surface area contributed by atoms with Crippen LogP contribution in [0.1, 0.15) is 56.9 Å². The van der Waals surface area contributed by atoms with Crippen molar-refractivity contribution in [2.24, 2.45) is 17.8 Å². The standard InChI is InChI=1S/C37H50FN5O5S/c1-48-36(45)41-33-7-3-6-32(33)37(27-4-2-5-28(38)20-27,24-40-35(44)34-14-17-39-34)26-15-18-42(19-16-26)21-25-22-43(23-25)29-8-10-30(11-9-29)49(46,47)31-12-13-31/h2,4-5,8-11,20,25-26,31-34,39H,3,6-7,12-19,21-24H2,1H3,(H,40,44)(H,41,45)/t32-,33-,34+,37?/m0/s1. The number of likely N-dealkylation sites (tertiary alicyclic amines) is 1. The number of hydrogen-bond acceptors (Lipinski definition) is 8. The van der Waals surface area contributed by atoms with Gasteiger partial charge in [0.1, 0.15) is 5.82 Å². The average molecular weight is 696 g/mol. The lowest BCUT2D eigenvalue weighted by Gasteiger charge is -2.51. The molecule has 0 aromatic heterocycles. The number of halogens is 1. The predicted molar refractivity (Wildman–Crippen MR) is 186 cm³/mol. The van der Waals surface area contributed by atoms with E-state index in [9.17, 15) is 22.4 Å². The fourth-order valence-electron chi connectivity index (χ4n) is 9.05. The molecule has 2 amide bonds. The van der Waals surface area contributed by atoms with Crippen molar-refractivity contribution in [2.75, 3.05) is 57.8 Å². The van der Waals surface area contributed by atoms with Gasteiger partial charge in [-0.3, -0.25) is 4.79 Å². The highest BCUT2D eigenvalue weighted by Gasteiger charge is 2.52. The lowest BCUT2D eigenvalue weighted by molar-refractivity contribution is -0.125. The van der Waals surface area contributed by atoms with Crippen LogP contribution in [-0.4, -0.2) is 95.6 Å². The summed E-state index contributed by atoms with van der Waals surface area (Å²) >= 11 is 0. The van der Waals surface area contributed by atoms with E-state index in [0.29, 0.717) is 17.4 Å². The number of ether oxygens (including phenoxy) is 1. The molecule has 266 valence electrons. The lowest BCUT2D eigenvalue weighted by atomic mass is 9.58. The summed E-state index contributed by atoms with van der Waals surface area (Å²) in [5, 5.41) is 9.39. The second-order valence-corrected chi connectivity index (χ2v) is 17.2. The molecule has 7 rings (SSSR count). The van der Waals surface area contributed by atoms with Gasteiger partial charge in [0, 0.05) is 49.2 Å². The number of sulfone groups is 1. The molecule has 1 unspecified atom stereocenters. The molecule has 0 radical (unpaired) electrons. The number of nitrogens with one attached hydrogen (secondary N) is 3. The third kappa shape index (κ3) is 7.05. The molecular formula is C37H50FN5O5S. The van der Waals surface area contributed by atoms with Gasteiger partial charge in [-0.1, -0.05) is 18.6 Å². The topological polar surface area (TPSA) is 120 Å². The Bertz CT molecular complexity index is 1600. The predicted octanol–water partition coefficient (Wildman–Crippen LogP) is 3.85. The Morgan fingerprint density at radius 2 is 1.73 bits per heavy atom. The molecule has 3 N–H and O–H groups in total. The molecule has 3 aliphatic heterocycles. The number of benzene rings is 2. The summed E-state index contributed by atoms with van der Waals surface area (Å²) in [6, 6.07) is 13.9. The number of amides is 2. The van der Waals surface area contributed by atoms with Crippen molar-refractivity contribution >= 4 is 27.5 Å². The molecule has 12 heteroatoms. The van der Waals surface area contributed by atoms with Gasteiger partial charge in [0.2, 0.25) is 5.91 Å².